The van der Waals surface area contributed by atoms with Gasteiger partial charge in [-0.15, -0.1) is 0 Å². The van der Waals surface area contributed by atoms with Gasteiger partial charge in [-0.2, -0.15) is 5.10 Å². The number of amides is 1. The molecule has 0 radical (unpaired) electrons. The first-order chi connectivity index (χ1) is 14.0. The number of halogens is 1. The molecule has 1 aromatic heterocycles. The Balaban J connectivity index is 1.49. The van der Waals surface area contributed by atoms with Crippen LogP contribution in [0.15, 0.2) is 54.8 Å². The molecule has 2 aromatic rings. The maximum atomic E-state index is 13.1. The summed E-state index contributed by atoms with van der Waals surface area (Å²) in [5.41, 5.74) is 1.22. The number of benzene rings is 1. The van der Waals surface area contributed by atoms with E-state index in [1.165, 1.54) is 12.1 Å². The van der Waals surface area contributed by atoms with Crippen LogP contribution >= 0.6 is 0 Å². The van der Waals surface area contributed by atoms with Gasteiger partial charge in [-0.3, -0.25) is 9.48 Å². The summed E-state index contributed by atoms with van der Waals surface area (Å²) in [6, 6.07) is 5.86. The Hall–Kier alpha value is -2.89. The third-order valence-electron chi connectivity index (χ3n) is 5.99. The number of ether oxygens (including phenoxy) is 1. The van der Waals surface area contributed by atoms with Gasteiger partial charge < -0.3 is 10.1 Å². The Morgan fingerprint density at radius 3 is 2.79 bits per heavy atom. The fraction of sp³-hybridized carbons (Fsp3) is 0.391. The average Bonchev–Trinajstić information content (AvgIpc) is 3.38. The normalized spacial score (nSPS) is 25.1. The predicted octanol–water partition coefficient (Wildman–Crippen LogP) is 4.51. The molecule has 1 heterocycles. The summed E-state index contributed by atoms with van der Waals surface area (Å²) < 4.78 is 21.2. The molecule has 0 spiro atoms. The second-order valence-corrected chi connectivity index (χ2v) is 7.86. The number of nitrogens with one attached hydrogen (secondary N) is 1. The average molecular weight is 395 g/mol. The zero-order valence-electron chi connectivity index (χ0n) is 16.8. The summed E-state index contributed by atoms with van der Waals surface area (Å²) in [5.74, 6) is 0.516. The molecular weight excluding hydrogens is 369 g/mol. The van der Waals surface area contributed by atoms with Crippen molar-refractivity contribution in [3.63, 3.8) is 0 Å². The highest BCUT2D eigenvalue weighted by Gasteiger charge is 2.62. The maximum Gasteiger partial charge on any atom is 0.228 e. The first kappa shape index (κ1) is 19.4. The molecule has 152 valence electrons. The standard InChI is InChI=1S/C23H26FN3O2/c1-3-27-14-21(16(2)26-27)29-15-23(17-7-5-4-6-8-17)13-20(23)22(28)25-19-11-9-18(24)10-12-19/h4-7,9-12,14,17,20H,3,8,13,15H2,1-2H3,(H,25,28)/t17?,20-,23+/m0/s1. The second-order valence-electron chi connectivity index (χ2n) is 7.86. The fourth-order valence-electron chi connectivity index (χ4n) is 4.14. The van der Waals surface area contributed by atoms with E-state index in [2.05, 4.69) is 22.6 Å². The predicted molar refractivity (Wildman–Crippen MR) is 110 cm³/mol. The number of hydrogen-bond donors (Lipinski definition) is 1. The minimum absolute atomic E-state index is 0.0378. The first-order valence-corrected chi connectivity index (χ1v) is 10.1. The Bertz CT molecular complexity index is 948. The van der Waals surface area contributed by atoms with E-state index in [0.717, 1.165) is 30.8 Å². The second kappa shape index (κ2) is 7.85. The highest BCUT2D eigenvalue weighted by molar-refractivity contribution is 5.95. The summed E-state index contributed by atoms with van der Waals surface area (Å²) in [5, 5.41) is 7.36. The quantitative estimate of drug-likeness (QED) is 0.751. The Morgan fingerprint density at radius 1 is 1.34 bits per heavy atom. The number of carbonyl (C=O) groups excluding carboxylic acids is 1. The molecule has 0 saturated heterocycles. The van der Waals surface area contributed by atoms with Gasteiger partial charge in [-0.1, -0.05) is 24.3 Å². The van der Waals surface area contributed by atoms with Crippen molar-refractivity contribution >= 4 is 11.6 Å². The first-order valence-electron chi connectivity index (χ1n) is 10.1. The minimum atomic E-state index is -0.320. The number of carbonyl (C=O) groups is 1. The molecule has 5 nitrogen and oxygen atoms in total. The fourth-order valence-corrected chi connectivity index (χ4v) is 4.14. The monoisotopic (exact) mass is 395 g/mol. The molecule has 3 atom stereocenters. The van der Waals surface area contributed by atoms with Crippen molar-refractivity contribution in [2.24, 2.45) is 17.3 Å². The molecule has 2 aliphatic carbocycles. The van der Waals surface area contributed by atoms with E-state index in [0.29, 0.717) is 12.3 Å². The van der Waals surface area contributed by atoms with Crippen molar-refractivity contribution in [3.05, 3.63) is 66.3 Å². The van der Waals surface area contributed by atoms with Crippen LogP contribution in [-0.4, -0.2) is 22.3 Å². The van der Waals surface area contributed by atoms with E-state index in [9.17, 15) is 9.18 Å². The van der Waals surface area contributed by atoms with Crippen LogP contribution in [0.4, 0.5) is 10.1 Å². The highest BCUT2D eigenvalue weighted by atomic mass is 19.1. The van der Waals surface area contributed by atoms with Crippen LogP contribution in [0.5, 0.6) is 5.75 Å². The highest BCUT2D eigenvalue weighted by Crippen LogP contribution is 2.60. The molecule has 4 rings (SSSR count). The number of aryl methyl sites for hydroxylation is 2. The number of rotatable bonds is 7. The lowest BCUT2D eigenvalue weighted by Gasteiger charge is -2.26. The van der Waals surface area contributed by atoms with Crippen molar-refractivity contribution < 1.29 is 13.9 Å². The molecule has 1 saturated carbocycles. The summed E-state index contributed by atoms with van der Waals surface area (Å²) in [4.78, 5) is 12.9. The van der Waals surface area contributed by atoms with Crippen LogP contribution in [-0.2, 0) is 11.3 Å². The van der Waals surface area contributed by atoms with Gasteiger partial charge in [0.1, 0.15) is 11.5 Å². The van der Waals surface area contributed by atoms with Crippen LogP contribution < -0.4 is 10.1 Å². The Kier molecular flexibility index (Phi) is 5.26. The SMILES string of the molecule is CCn1cc(OC[C@@]2(C3C=CC=CC3)C[C@H]2C(=O)Nc2ccc(F)cc2)c(C)n1. The van der Waals surface area contributed by atoms with Crippen LogP contribution in [0.2, 0.25) is 0 Å². The zero-order chi connectivity index (χ0) is 20.4. The van der Waals surface area contributed by atoms with Gasteiger partial charge >= 0.3 is 0 Å². The van der Waals surface area contributed by atoms with Crippen molar-refractivity contribution in [2.75, 3.05) is 11.9 Å². The molecule has 1 aromatic carbocycles. The van der Waals surface area contributed by atoms with Crippen molar-refractivity contribution in [1.29, 1.82) is 0 Å². The molecule has 1 N–H and O–H groups in total. The lowest BCUT2D eigenvalue weighted by molar-refractivity contribution is -0.118. The van der Waals surface area contributed by atoms with Gasteiger partial charge in [0.15, 0.2) is 5.75 Å². The lowest BCUT2D eigenvalue weighted by Crippen LogP contribution is -2.29. The van der Waals surface area contributed by atoms with Gasteiger partial charge in [0, 0.05) is 23.6 Å². The van der Waals surface area contributed by atoms with Crippen molar-refractivity contribution in [1.82, 2.24) is 9.78 Å². The van der Waals surface area contributed by atoms with E-state index in [1.54, 1.807) is 12.1 Å². The summed E-state index contributed by atoms with van der Waals surface area (Å²) in [6.07, 6.45) is 12.0. The zero-order valence-corrected chi connectivity index (χ0v) is 16.8. The van der Waals surface area contributed by atoms with Gasteiger partial charge in [0.25, 0.3) is 0 Å². The smallest absolute Gasteiger partial charge is 0.228 e. The van der Waals surface area contributed by atoms with Crippen molar-refractivity contribution in [2.45, 2.75) is 33.2 Å². The van der Waals surface area contributed by atoms with Crippen LogP contribution in [0.1, 0.15) is 25.5 Å². The number of allylic oxidation sites excluding steroid dienone is 4. The Morgan fingerprint density at radius 2 is 2.14 bits per heavy atom. The topological polar surface area (TPSA) is 56.1 Å². The molecule has 29 heavy (non-hydrogen) atoms. The molecule has 1 fully saturated rings. The van der Waals surface area contributed by atoms with Gasteiger partial charge in [-0.05, 0) is 56.9 Å². The van der Waals surface area contributed by atoms with E-state index >= 15 is 0 Å². The number of anilines is 1. The lowest BCUT2D eigenvalue weighted by atomic mass is 9.82. The van der Waals surface area contributed by atoms with Gasteiger partial charge in [0.2, 0.25) is 5.91 Å². The van der Waals surface area contributed by atoms with E-state index in [-0.39, 0.29) is 29.0 Å². The van der Waals surface area contributed by atoms with Crippen LogP contribution in [0, 0.1) is 30.0 Å². The summed E-state index contributed by atoms with van der Waals surface area (Å²) in [7, 11) is 0. The maximum absolute atomic E-state index is 13.1. The van der Waals surface area contributed by atoms with Gasteiger partial charge in [0.05, 0.1) is 12.8 Å². The van der Waals surface area contributed by atoms with Gasteiger partial charge in [-0.25, -0.2) is 4.39 Å². The summed E-state index contributed by atoms with van der Waals surface area (Å²) in [6.45, 7) is 5.22. The number of aromatic nitrogens is 2. The largest absolute Gasteiger partial charge is 0.489 e. The number of hydrogen-bond acceptors (Lipinski definition) is 3. The van der Waals surface area contributed by atoms with E-state index in [1.807, 2.05) is 36.9 Å². The molecule has 0 aliphatic heterocycles. The van der Waals surface area contributed by atoms with E-state index < -0.39 is 0 Å². The molecule has 1 unspecified atom stereocenters. The summed E-state index contributed by atoms with van der Waals surface area (Å²) >= 11 is 0. The molecule has 2 aliphatic rings. The number of nitrogens with zero attached hydrogens (tertiary/aromatic N) is 2. The van der Waals surface area contributed by atoms with Crippen LogP contribution in [0.3, 0.4) is 0 Å². The third-order valence-corrected chi connectivity index (χ3v) is 5.99. The Labute approximate surface area is 170 Å². The molecular formula is C23H26FN3O2. The third kappa shape index (κ3) is 3.97. The molecule has 0 bridgehead atoms. The minimum Gasteiger partial charge on any atom is -0.489 e. The van der Waals surface area contributed by atoms with Crippen molar-refractivity contribution in [3.8, 4) is 5.75 Å². The molecule has 6 heteroatoms. The molecule has 1 amide bonds. The van der Waals surface area contributed by atoms with E-state index in [4.69, 9.17) is 4.74 Å². The van der Waals surface area contributed by atoms with Crippen LogP contribution in [0.25, 0.3) is 0 Å².